The van der Waals surface area contributed by atoms with Crippen LogP contribution in [0.5, 0.6) is 0 Å². The van der Waals surface area contributed by atoms with E-state index in [0.29, 0.717) is 12.3 Å². The highest BCUT2D eigenvalue weighted by atomic mass is 16.2. The summed E-state index contributed by atoms with van der Waals surface area (Å²) in [5.74, 6) is 0.830. The van der Waals surface area contributed by atoms with Gasteiger partial charge in [0, 0.05) is 50.5 Å². The molecular formula is C22H32N4O. The van der Waals surface area contributed by atoms with Crippen molar-refractivity contribution in [2.75, 3.05) is 31.1 Å². The molecule has 0 radical (unpaired) electrons. The molecule has 1 saturated heterocycles. The standard InChI is InChI=1S/C22H32N4O/c1-17(2)16-26-19(4)21(18(3)23-26)10-11-22(27)25-14-12-24(13-15-25)20-8-6-5-7-9-20/h5-9,17H,10-16H2,1-4H3. The number of amides is 1. The van der Waals surface area contributed by atoms with Crippen LogP contribution >= 0.6 is 0 Å². The second-order valence-electron chi connectivity index (χ2n) is 7.93. The van der Waals surface area contributed by atoms with E-state index < -0.39 is 0 Å². The summed E-state index contributed by atoms with van der Waals surface area (Å²) < 4.78 is 2.10. The van der Waals surface area contributed by atoms with Crippen molar-refractivity contribution in [3.05, 3.63) is 47.3 Å². The number of hydrogen-bond acceptors (Lipinski definition) is 3. The number of aromatic nitrogens is 2. The van der Waals surface area contributed by atoms with Gasteiger partial charge < -0.3 is 9.80 Å². The number of piperazine rings is 1. The maximum atomic E-state index is 12.7. The third kappa shape index (κ3) is 4.71. The Bertz CT molecular complexity index is 758. The van der Waals surface area contributed by atoms with Crippen LogP contribution in [0.1, 0.15) is 37.2 Å². The Kier molecular flexibility index (Phi) is 6.19. The summed E-state index contributed by atoms with van der Waals surface area (Å²) in [5.41, 5.74) is 4.76. The Hall–Kier alpha value is -2.30. The molecule has 146 valence electrons. The van der Waals surface area contributed by atoms with E-state index in [9.17, 15) is 4.79 Å². The van der Waals surface area contributed by atoms with Gasteiger partial charge in [-0.05, 0) is 43.9 Å². The zero-order valence-electron chi connectivity index (χ0n) is 17.1. The molecule has 5 nitrogen and oxygen atoms in total. The van der Waals surface area contributed by atoms with Gasteiger partial charge in [-0.25, -0.2) is 0 Å². The van der Waals surface area contributed by atoms with E-state index in [0.717, 1.165) is 44.8 Å². The fraction of sp³-hybridized carbons (Fsp3) is 0.545. The Morgan fingerprint density at radius 3 is 2.37 bits per heavy atom. The van der Waals surface area contributed by atoms with Crippen molar-refractivity contribution < 1.29 is 4.79 Å². The number of para-hydroxylation sites is 1. The second kappa shape index (κ2) is 8.59. The lowest BCUT2D eigenvalue weighted by Gasteiger charge is -2.36. The number of aryl methyl sites for hydroxylation is 1. The molecule has 0 bridgehead atoms. The van der Waals surface area contributed by atoms with Crippen molar-refractivity contribution in [3.8, 4) is 0 Å². The zero-order chi connectivity index (χ0) is 19.4. The van der Waals surface area contributed by atoms with Crippen LogP contribution in [-0.2, 0) is 17.8 Å². The Labute approximate surface area is 163 Å². The lowest BCUT2D eigenvalue weighted by Crippen LogP contribution is -2.48. The molecule has 27 heavy (non-hydrogen) atoms. The van der Waals surface area contributed by atoms with E-state index in [4.69, 9.17) is 0 Å². The molecule has 1 aliphatic rings. The van der Waals surface area contributed by atoms with Crippen LogP contribution in [0.3, 0.4) is 0 Å². The highest BCUT2D eigenvalue weighted by Gasteiger charge is 2.22. The first-order valence-electron chi connectivity index (χ1n) is 10.1. The predicted molar refractivity (Wildman–Crippen MR) is 110 cm³/mol. The minimum Gasteiger partial charge on any atom is -0.368 e. The van der Waals surface area contributed by atoms with E-state index in [1.807, 2.05) is 11.0 Å². The smallest absolute Gasteiger partial charge is 0.223 e. The highest BCUT2D eigenvalue weighted by Crippen LogP contribution is 2.19. The number of rotatable bonds is 6. The number of nitrogens with zero attached hydrogens (tertiary/aromatic N) is 4. The molecule has 1 aromatic carbocycles. The third-order valence-corrected chi connectivity index (χ3v) is 5.41. The summed E-state index contributed by atoms with van der Waals surface area (Å²) in [6, 6.07) is 10.4. The molecule has 2 heterocycles. The number of hydrogen-bond donors (Lipinski definition) is 0. The molecule has 1 fully saturated rings. The Balaban J connectivity index is 1.53. The second-order valence-corrected chi connectivity index (χ2v) is 7.93. The van der Waals surface area contributed by atoms with Gasteiger partial charge in [-0.15, -0.1) is 0 Å². The SMILES string of the molecule is Cc1nn(CC(C)C)c(C)c1CCC(=O)N1CCN(c2ccccc2)CC1. The van der Waals surface area contributed by atoms with Crippen LogP contribution in [0.2, 0.25) is 0 Å². The minimum absolute atomic E-state index is 0.262. The number of carbonyl (C=O) groups is 1. The maximum Gasteiger partial charge on any atom is 0.223 e. The molecule has 0 aliphatic carbocycles. The minimum atomic E-state index is 0.262. The highest BCUT2D eigenvalue weighted by molar-refractivity contribution is 5.77. The topological polar surface area (TPSA) is 41.4 Å². The van der Waals surface area contributed by atoms with Gasteiger partial charge in [-0.3, -0.25) is 9.48 Å². The Morgan fingerprint density at radius 1 is 1.07 bits per heavy atom. The first-order valence-corrected chi connectivity index (χ1v) is 10.1. The van der Waals surface area contributed by atoms with Gasteiger partial charge in [-0.2, -0.15) is 5.10 Å². The lowest BCUT2D eigenvalue weighted by molar-refractivity contribution is -0.131. The van der Waals surface area contributed by atoms with Gasteiger partial charge in [0.25, 0.3) is 0 Å². The summed E-state index contributed by atoms with van der Waals surface area (Å²) >= 11 is 0. The van der Waals surface area contributed by atoms with E-state index in [-0.39, 0.29) is 5.91 Å². The van der Waals surface area contributed by atoms with Crippen molar-refractivity contribution in [3.63, 3.8) is 0 Å². The molecule has 2 aromatic rings. The van der Waals surface area contributed by atoms with Crippen LogP contribution in [0.25, 0.3) is 0 Å². The summed E-state index contributed by atoms with van der Waals surface area (Å²) in [7, 11) is 0. The number of carbonyl (C=O) groups excluding carboxylic acids is 1. The molecule has 0 saturated carbocycles. The molecule has 0 spiro atoms. The fourth-order valence-corrected chi connectivity index (χ4v) is 3.86. The molecule has 1 aliphatic heterocycles. The lowest BCUT2D eigenvalue weighted by atomic mass is 10.1. The number of anilines is 1. The Morgan fingerprint density at radius 2 is 1.74 bits per heavy atom. The van der Waals surface area contributed by atoms with Crippen molar-refractivity contribution in [2.45, 2.75) is 47.1 Å². The van der Waals surface area contributed by atoms with Crippen LogP contribution in [0.15, 0.2) is 30.3 Å². The van der Waals surface area contributed by atoms with E-state index >= 15 is 0 Å². The van der Waals surface area contributed by atoms with Crippen LogP contribution in [0, 0.1) is 19.8 Å². The molecule has 0 atom stereocenters. The van der Waals surface area contributed by atoms with Crippen molar-refractivity contribution in [1.82, 2.24) is 14.7 Å². The van der Waals surface area contributed by atoms with Gasteiger partial charge in [0.15, 0.2) is 0 Å². The van der Waals surface area contributed by atoms with Crippen molar-refractivity contribution in [2.24, 2.45) is 5.92 Å². The largest absolute Gasteiger partial charge is 0.368 e. The van der Waals surface area contributed by atoms with Gasteiger partial charge in [0.1, 0.15) is 0 Å². The average molecular weight is 369 g/mol. The van der Waals surface area contributed by atoms with Gasteiger partial charge in [0.05, 0.1) is 5.69 Å². The summed E-state index contributed by atoms with van der Waals surface area (Å²) in [6.45, 7) is 12.9. The first-order chi connectivity index (χ1) is 13.0. The molecule has 1 aromatic heterocycles. The van der Waals surface area contributed by atoms with Gasteiger partial charge in [-0.1, -0.05) is 32.0 Å². The molecule has 0 N–H and O–H groups in total. The van der Waals surface area contributed by atoms with Crippen LogP contribution < -0.4 is 4.90 Å². The normalized spacial score (nSPS) is 14.9. The van der Waals surface area contributed by atoms with E-state index in [2.05, 4.69) is 66.6 Å². The summed E-state index contributed by atoms with van der Waals surface area (Å²) in [6.07, 6.45) is 1.36. The molecule has 5 heteroatoms. The van der Waals surface area contributed by atoms with Crippen LogP contribution in [0.4, 0.5) is 5.69 Å². The predicted octanol–water partition coefficient (Wildman–Crippen LogP) is 3.44. The van der Waals surface area contributed by atoms with Crippen LogP contribution in [-0.4, -0.2) is 46.8 Å². The molecule has 1 amide bonds. The third-order valence-electron chi connectivity index (χ3n) is 5.41. The fourth-order valence-electron chi connectivity index (χ4n) is 3.86. The zero-order valence-corrected chi connectivity index (χ0v) is 17.1. The van der Waals surface area contributed by atoms with Crippen molar-refractivity contribution in [1.29, 1.82) is 0 Å². The monoisotopic (exact) mass is 368 g/mol. The van der Waals surface area contributed by atoms with E-state index in [1.54, 1.807) is 0 Å². The first kappa shape index (κ1) is 19.5. The van der Waals surface area contributed by atoms with Crippen molar-refractivity contribution >= 4 is 11.6 Å². The molecular weight excluding hydrogens is 336 g/mol. The van der Waals surface area contributed by atoms with Gasteiger partial charge in [0.2, 0.25) is 5.91 Å². The number of benzene rings is 1. The molecule has 3 rings (SSSR count). The average Bonchev–Trinajstić information content (AvgIpc) is 2.93. The summed E-state index contributed by atoms with van der Waals surface area (Å²) in [5, 5.41) is 4.67. The maximum absolute atomic E-state index is 12.7. The molecule has 0 unspecified atom stereocenters. The van der Waals surface area contributed by atoms with Gasteiger partial charge >= 0.3 is 0 Å². The quantitative estimate of drug-likeness (QED) is 0.784. The summed E-state index contributed by atoms with van der Waals surface area (Å²) in [4.78, 5) is 17.1. The van der Waals surface area contributed by atoms with E-state index in [1.165, 1.54) is 16.9 Å².